The lowest BCUT2D eigenvalue weighted by molar-refractivity contribution is 0.101. The summed E-state index contributed by atoms with van der Waals surface area (Å²) in [5.41, 5.74) is 1.88. The number of rotatable bonds is 9. The molecule has 1 rings (SSSR count). The van der Waals surface area contributed by atoms with E-state index in [4.69, 9.17) is 0 Å². The Bertz CT molecular complexity index is 343. The standard InChI is InChI=1S/C16H25NO/c1-3-4-5-6-7-8-13-17-16-11-9-15(10-12-16)14(2)18/h9-12,17H,3-8,13H2,1-2H3. The minimum Gasteiger partial charge on any atom is -0.385 e. The van der Waals surface area contributed by atoms with Gasteiger partial charge in [0.1, 0.15) is 0 Å². The van der Waals surface area contributed by atoms with E-state index >= 15 is 0 Å². The molecule has 0 atom stereocenters. The van der Waals surface area contributed by atoms with Crippen molar-refractivity contribution in [1.82, 2.24) is 0 Å². The molecule has 100 valence electrons. The van der Waals surface area contributed by atoms with E-state index in [-0.39, 0.29) is 5.78 Å². The summed E-state index contributed by atoms with van der Waals surface area (Å²) in [5, 5.41) is 3.39. The van der Waals surface area contributed by atoms with Gasteiger partial charge in [-0.25, -0.2) is 0 Å². The van der Waals surface area contributed by atoms with E-state index in [9.17, 15) is 4.79 Å². The molecular formula is C16H25NO. The van der Waals surface area contributed by atoms with E-state index in [1.165, 1.54) is 38.5 Å². The van der Waals surface area contributed by atoms with Crippen LogP contribution in [0, 0.1) is 0 Å². The molecule has 0 aromatic heterocycles. The highest BCUT2D eigenvalue weighted by molar-refractivity contribution is 5.94. The third kappa shape index (κ3) is 5.85. The third-order valence-corrected chi connectivity index (χ3v) is 3.15. The molecule has 0 saturated carbocycles. The molecule has 0 spiro atoms. The second kappa shape index (κ2) is 8.73. The zero-order chi connectivity index (χ0) is 13.2. The van der Waals surface area contributed by atoms with Gasteiger partial charge >= 0.3 is 0 Å². The smallest absolute Gasteiger partial charge is 0.159 e. The maximum atomic E-state index is 11.1. The van der Waals surface area contributed by atoms with Gasteiger partial charge < -0.3 is 5.32 Å². The molecule has 1 aromatic rings. The van der Waals surface area contributed by atoms with Gasteiger partial charge in [-0.3, -0.25) is 4.79 Å². The van der Waals surface area contributed by atoms with Crippen LogP contribution in [0.3, 0.4) is 0 Å². The average Bonchev–Trinajstić information content (AvgIpc) is 2.38. The lowest BCUT2D eigenvalue weighted by atomic mass is 10.1. The summed E-state index contributed by atoms with van der Waals surface area (Å²) in [6.45, 7) is 4.86. The SMILES string of the molecule is CCCCCCCCNc1ccc(C(C)=O)cc1. The number of hydrogen-bond donors (Lipinski definition) is 1. The molecule has 0 aliphatic rings. The number of carbonyl (C=O) groups excluding carboxylic acids is 1. The maximum Gasteiger partial charge on any atom is 0.159 e. The highest BCUT2D eigenvalue weighted by Crippen LogP contribution is 2.11. The van der Waals surface area contributed by atoms with Crippen LogP contribution in [-0.4, -0.2) is 12.3 Å². The molecular weight excluding hydrogens is 222 g/mol. The van der Waals surface area contributed by atoms with E-state index in [1.54, 1.807) is 6.92 Å². The zero-order valence-electron chi connectivity index (χ0n) is 11.7. The zero-order valence-corrected chi connectivity index (χ0v) is 11.7. The topological polar surface area (TPSA) is 29.1 Å². The predicted molar refractivity (Wildman–Crippen MR) is 78.3 cm³/mol. The van der Waals surface area contributed by atoms with Crippen LogP contribution >= 0.6 is 0 Å². The molecule has 1 N–H and O–H groups in total. The first-order chi connectivity index (χ1) is 8.74. The predicted octanol–water partition coefficient (Wildman–Crippen LogP) is 4.66. The van der Waals surface area contributed by atoms with Crippen LogP contribution in [0.25, 0.3) is 0 Å². The van der Waals surface area contributed by atoms with Crippen LogP contribution in [0.15, 0.2) is 24.3 Å². The molecule has 2 nitrogen and oxygen atoms in total. The van der Waals surface area contributed by atoms with Crippen molar-refractivity contribution in [2.45, 2.75) is 52.4 Å². The van der Waals surface area contributed by atoms with Gasteiger partial charge in [0.25, 0.3) is 0 Å². The van der Waals surface area contributed by atoms with Crippen LogP contribution in [0.2, 0.25) is 0 Å². The lowest BCUT2D eigenvalue weighted by Crippen LogP contribution is -2.01. The van der Waals surface area contributed by atoms with Gasteiger partial charge in [0.15, 0.2) is 5.78 Å². The van der Waals surface area contributed by atoms with Gasteiger partial charge in [0, 0.05) is 17.8 Å². The van der Waals surface area contributed by atoms with Crippen LogP contribution < -0.4 is 5.32 Å². The normalized spacial score (nSPS) is 10.3. The molecule has 0 unspecified atom stereocenters. The Morgan fingerprint density at radius 3 is 2.22 bits per heavy atom. The number of anilines is 1. The number of ketones is 1. The summed E-state index contributed by atoms with van der Waals surface area (Å²) in [5.74, 6) is 0.123. The summed E-state index contributed by atoms with van der Waals surface area (Å²) in [6, 6.07) is 7.72. The highest BCUT2D eigenvalue weighted by Gasteiger charge is 1.98. The number of unbranched alkanes of at least 4 members (excludes halogenated alkanes) is 5. The molecule has 0 fully saturated rings. The van der Waals surface area contributed by atoms with E-state index < -0.39 is 0 Å². The fourth-order valence-corrected chi connectivity index (χ4v) is 1.96. The minimum atomic E-state index is 0.123. The van der Waals surface area contributed by atoms with Crippen molar-refractivity contribution in [3.05, 3.63) is 29.8 Å². The molecule has 0 radical (unpaired) electrons. The Kier molecular flexibility index (Phi) is 7.16. The van der Waals surface area contributed by atoms with E-state index in [0.29, 0.717) is 0 Å². The molecule has 2 heteroatoms. The number of carbonyl (C=O) groups is 1. The molecule has 0 heterocycles. The maximum absolute atomic E-state index is 11.1. The summed E-state index contributed by atoms with van der Waals surface area (Å²) >= 11 is 0. The van der Waals surface area contributed by atoms with Gasteiger partial charge in [-0.2, -0.15) is 0 Å². The molecule has 18 heavy (non-hydrogen) atoms. The van der Waals surface area contributed by atoms with Gasteiger partial charge in [0.2, 0.25) is 0 Å². The van der Waals surface area contributed by atoms with Gasteiger partial charge in [-0.1, -0.05) is 39.0 Å². The minimum absolute atomic E-state index is 0.123. The Hall–Kier alpha value is -1.31. The summed E-state index contributed by atoms with van der Waals surface area (Å²) < 4.78 is 0. The van der Waals surface area contributed by atoms with Crippen LogP contribution in [0.4, 0.5) is 5.69 Å². The van der Waals surface area contributed by atoms with Gasteiger partial charge in [-0.05, 0) is 37.6 Å². The van der Waals surface area contributed by atoms with E-state index in [0.717, 1.165) is 17.8 Å². The Balaban J connectivity index is 2.14. The van der Waals surface area contributed by atoms with Gasteiger partial charge in [0.05, 0.1) is 0 Å². The number of hydrogen-bond acceptors (Lipinski definition) is 2. The molecule has 0 aliphatic heterocycles. The Labute approximate surface area is 111 Å². The van der Waals surface area contributed by atoms with Crippen LogP contribution in [0.5, 0.6) is 0 Å². The fourth-order valence-electron chi connectivity index (χ4n) is 1.96. The van der Waals surface area contributed by atoms with E-state index in [1.807, 2.05) is 24.3 Å². The van der Waals surface area contributed by atoms with Crippen molar-refractivity contribution in [1.29, 1.82) is 0 Å². The molecule has 0 saturated heterocycles. The van der Waals surface area contributed by atoms with Crippen molar-refractivity contribution < 1.29 is 4.79 Å². The number of Topliss-reactive ketones (excluding diaryl/α,β-unsaturated/α-hetero) is 1. The fraction of sp³-hybridized carbons (Fsp3) is 0.562. The summed E-state index contributed by atoms with van der Waals surface area (Å²) in [6.07, 6.45) is 7.90. The summed E-state index contributed by atoms with van der Waals surface area (Å²) in [7, 11) is 0. The van der Waals surface area contributed by atoms with Crippen LogP contribution in [-0.2, 0) is 0 Å². The number of benzene rings is 1. The van der Waals surface area contributed by atoms with Crippen LogP contribution in [0.1, 0.15) is 62.7 Å². The van der Waals surface area contributed by atoms with Gasteiger partial charge in [-0.15, -0.1) is 0 Å². The largest absolute Gasteiger partial charge is 0.385 e. The summed E-state index contributed by atoms with van der Waals surface area (Å²) in [4.78, 5) is 11.1. The average molecular weight is 247 g/mol. The first-order valence-corrected chi connectivity index (χ1v) is 7.09. The molecule has 0 amide bonds. The second-order valence-corrected chi connectivity index (χ2v) is 4.83. The quantitative estimate of drug-likeness (QED) is 0.508. The number of nitrogens with one attached hydrogen (secondary N) is 1. The monoisotopic (exact) mass is 247 g/mol. The second-order valence-electron chi connectivity index (χ2n) is 4.83. The first kappa shape index (κ1) is 14.7. The van der Waals surface area contributed by atoms with Crippen molar-refractivity contribution in [3.8, 4) is 0 Å². The molecule has 1 aromatic carbocycles. The lowest BCUT2D eigenvalue weighted by Gasteiger charge is -2.06. The first-order valence-electron chi connectivity index (χ1n) is 7.09. The highest BCUT2D eigenvalue weighted by atomic mass is 16.1. The van der Waals surface area contributed by atoms with Crippen molar-refractivity contribution in [3.63, 3.8) is 0 Å². The Morgan fingerprint density at radius 1 is 1.00 bits per heavy atom. The Morgan fingerprint density at radius 2 is 1.61 bits per heavy atom. The third-order valence-electron chi connectivity index (χ3n) is 3.15. The molecule has 0 aliphatic carbocycles. The molecule has 0 bridgehead atoms. The van der Waals surface area contributed by atoms with Crippen molar-refractivity contribution >= 4 is 11.5 Å². The van der Waals surface area contributed by atoms with Crippen molar-refractivity contribution in [2.24, 2.45) is 0 Å². The van der Waals surface area contributed by atoms with E-state index in [2.05, 4.69) is 12.2 Å². The van der Waals surface area contributed by atoms with Crippen molar-refractivity contribution in [2.75, 3.05) is 11.9 Å².